The lowest BCUT2D eigenvalue weighted by Crippen LogP contribution is -2.06. The van der Waals surface area contributed by atoms with Gasteiger partial charge in [0.05, 0.1) is 5.39 Å². The molecule has 0 saturated carbocycles. The van der Waals surface area contributed by atoms with E-state index in [2.05, 4.69) is 0 Å². The maximum absolute atomic E-state index is 11.6. The minimum atomic E-state index is -0.337. The van der Waals surface area contributed by atoms with Crippen molar-refractivity contribution in [2.45, 2.75) is 27.7 Å². The molecule has 0 aliphatic rings. The van der Waals surface area contributed by atoms with Gasteiger partial charge in [-0.15, -0.1) is 0 Å². The molecule has 0 fully saturated rings. The Bertz CT molecular complexity index is 636. The van der Waals surface area contributed by atoms with Crippen molar-refractivity contribution in [1.82, 2.24) is 0 Å². The zero-order chi connectivity index (χ0) is 12.0. The predicted octanol–water partition coefficient (Wildman–Crippen LogP) is 2.73. The van der Waals surface area contributed by atoms with E-state index in [0.29, 0.717) is 16.5 Å². The molecule has 0 spiro atoms. The van der Waals surface area contributed by atoms with Gasteiger partial charge in [0, 0.05) is 5.56 Å². The summed E-state index contributed by atoms with van der Waals surface area (Å²) in [4.78, 5) is 11.6. The summed E-state index contributed by atoms with van der Waals surface area (Å²) in [6.45, 7) is 7.24. The van der Waals surface area contributed by atoms with Crippen molar-refractivity contribution in [1.29, 1.82) is 0 Å². The summed E-state index contributed by atoms with van der Waals surface area (Å²) >= 11 is 0. The summed E-state index contributed by atoms with van der Waals surface area (Å²) in [7, 11) is 0. The molecule has 0 aliphatic carbocycles. The Morgan fingerprint density at radius 3 is 2.31 bits per heavy atom. The number of phenols is 1. The molecule has 1 aromatic carbocycles. The van der Waals surface area contributed by atoms with Crippen LogP contribution in [0, 0.1) is 27.7 Å². The van der Waals surface area contributed by atoms with Gasteiger partial charge in [0.1, 0.15) is 11.3 Å². The second kappa shape index (κ2) is 3.37. The average Bonchev–Trinajstić information content (AvgIpc) is 2.22. The highest BCUT2D eigenvalue weighted by atomic mass is 16.4. The van der Waals surface area contributed by atoms with E-state index in [4.69, 9.17) is 4.42 Å². The normalized spacial score (nSPS) is 11.0. The van der Waals surface area contributed by atoms with Crippen LogP contribution in [0.2, 0.25) is 0 Å². The number of benzene rings is 1. The first kappa shape index (κ1) is 10.7. The first-order valence-corrected chi connectivity index (χ1v) is 5.16. The van der Waals surface area contributed by atoms with Gasteiger partial charge in [-0.3, -0.25) is 0 Å². The van der Waals surface area contributed by atoms with Crippen LogP contribution in [0.15, 0.2) is 15.3 Å². The lowest BCUT2D eigenvalue weighted by atomic mass is 10.0. The Kier molecular flexibility index (Phi) is 2.26. The van der Waals surface area contributed by atoms with E-state index >= 15 is 0 Å². The molecule has 0 bridgehead atoms. The monoisotopic (exact) mass is 218 g/mol. The van der Waals surface area contributed by atoms with Crippen molar-refractivity contribution < 1.29 is 9.52 Å². The standard InChI is InChI=1S/C13H14O3/c1-6-5-7(2)12-10(11(6)14)8(3)9(4)13(15)16-12/h5,14H,1-4H3. The summed E-state index contributed by atoms with van der Waals surface area (Å²) in [5.41, 5.74) is 3.14. The molecule has 2 aromatic rings. The molecule has 2 rings (SSSR count). The lowest BCUT2D eigenvalue weighted by molar-refractivity contribution is 0.473. The van der Waals surface area contributed by atoms with Gasteiger partial charge in [-0.1, -0.05) is 0 Å². The van der Waals surface area contributed by atoms with Gasteiger partial charge >= 0.3 is 5.63 Å². The van der Waals surface area contributed by atoms with E-state index in [9.17, 15) is 9.90 Å². The third-order valence-electron chi connectivity index (χ3n) is 3.07. The van der Waals surface area contributed by atoms with Crippen molar-refractivity contribution in [3.63, 3.8) is 0 Å². The maximum Gasteiger partial charge on any atom is 0.339 e. The van der Waals surface area contributed by atoms with Crippen LogP contribution in [-0.2, 0) is 0 Å². The van der Waals surface area contributed by atoms with Crippen LogP contribution < -0.4 is 5.63 Å². The van der Waals surface area contributed by atoms with Gasteiger partial charge in [0.15, 0.2) is 0 Å². The van der Waals surface area contributed by atoms with Crippen molar-refractivity contribution in [2.75, 3.05) is 0 Å². The number of aryl methyl sites for hydroxylation is 3. The van der Waals surface area contributed by atoms with Crippen LogP contribution in [0.25, 0.3) is 11.0 Å². The Morgan fingerprint density at radius 1 is 1.06 bits per heavy atom. The minimum Gasteiger partial charge on any atom is -0.507 e. The third-order valence-corrected chi connectivity index (χ3v) is 3.07. The first-order chi connectivity index (χ1) is 7.43. The molecule has 0 aliphatic heterocycles. The van der Waals surface area contributed by atoms with Gasteiger partial charge in [0.25, 0.3) is 0 Å². The number of fused-ring (bicyclic) bond motifs is 1. The summed E-state index contributed by atoms with van der Waals surface area (Å²) < 4.78 is 5.22. The molecule has 3 nitrogen and oxygen atoms in total. The van der Waals surface area contributed by atoms with Crippen molar-refractivity contribution in [3.05, 3.63) is 38.7 Å². The number of phenolic OH excluding ortho intramolecular Hbond substituents is 1. The Balaban J connectivity index is 3.14. The second-order valence-electron chi connectivity index (χ2n) is 4.20. The molecular formula is C13H14O3. The maximum atomic E-state index is 11.6. The number of hydrogen-bond acceptors (Lipinski definition) is 3. The number of aromatic hydroxyl groups is 1. The number of rotatable bonds is 0. The number of hydrogen-bond donors (Lipinski definition) is 1. The fourth-order valence-electron chi connectivity index (χ4n) is 1.95. The summed E-state index contributed by atoms with van der Waals surface area (Å²) in [6, 6.07) is 1.81. The largest absolute Gasteiger partial charge is 0.507 e. The van der Waals surface area contributed by atoms with Crippen LogP contribution in [0.4, 0.5) is 0 Å². The van der Waals surface area contributed by atoms with Gasteiger partial charge < -0.3 is 9.52 Å². The van der Waals surface area contributed by atoms with Gasteiger partial charge in [-0.2, -0.15) is 0 Å². The van der Waals surface area contributed by atoms with E-state index in [0.717, 1.165) is 16.7 Å². The highest BCUT2D eigenvalue weighted by molar-refractivity contribution is 5.90. The van der Waals surface area contributed by atoms with Gasteiger partial charge in [0.2, 0.25) is 0 Å². The van der Waals surface area contributed by atoms with E-state index < -0.39 is 0 Å². The molecular weight excluding hydrogens is 204 g/mol. The molecule has 1 N–H and O–H groups in total. The lowest BCUT2D eigenvalue weighted by Gasteiger charge is -2.10. The van der Waals surface area contributed by atoms with E-state index in [-0.39, 0.29) is 11.4 Å². The van der Waals surface area contributed by atoms with Crippen LogP contribution in [0.5, 0.6) is 5.75 Å². The Hall–Kier alpha value is -1.77. The quantitative estimate of drug-likeness (QED) is 0.692. The highest BCUT2D eigenvalue weighted by Crippen LogP contribution is 2.33. The van der Waals surface area contributed by atoms with Crippen molar-refractivity contribution in [3.8, 4) is 5.75 Å². The van der Waals surface area contributed by atoms with E-state index in [1.54, 1.807) is 6.92 Å². The topological polar surface area (TPSA) is 50.4 Å². The second-order valence-corrected chi connectivity index (χ2v) is 4.20. The molecule has 0 saturated heterocycles. The first-order valence-electron chi connectivity index (χ1n) is 5.16. The van der Waals surface area contributed by atoms with Crippen LogP contribution in [0.3, 0.4) is 0 Å². The molecule has 0 unspecified atom stereocenters. The summed E-state index contributed by atoms with van der Waals surface area (Å²) in [6.07, 6.45) is 0. The zero-order valence-electron chi connectivity index (χ0n) is 9.84. The van der Waals surface area contributed by atoms with Crippen molar-refractivity contribution >= 4 is 11.0 Å². The molecule has 0 radical (unpaired) electrons. The Labute approximate surface area is 93.3 Å². The molecule has 0 amide bonds. The third kappa shape index (κ3) is 1.32. The molecule has 16 heavy (non-hydrogen) atoms. The Morgan fingerprint density at radius 2 is 1.69 bits per heavy atom. The predicted molar refractivity (Wildman–Crippen MR) is 63.1 cm³/mol. The molecule has 1 aromatic heterocycles. The average molecular weight is 218 g/mol. The fraction of sp³-hybridized carbons (Fsp3) is 0.308. The summed E-state index contributed by atoms with van der Waals surface area (Å²) in [5.74, 6) is 0.199. The van der Waals surface area contributed by atoms with Crippen LogP contribution in [-0.4, -0.2) is 5.11 Å². The SMILES string of the molecule is Cc1cc(C)c2oc(=O)c(C)c(C)c2c1O. The molecule has 0 atom stereocenters. The van der Waals surface area contributed by atoms with Gasteiger partial charge in [-0.05, 0) is 50.5 Å². The molecule has 1 heterocycles. The smallest absolute Gasteiger partial charge is 0.339 e. The van der Waals surface area contributed by atoms with E-state index in [1.807, 2.05) is 26.8 Å². The summed E-state index contributed by atoms with van der Waals surface area (Å²) in [5, 5.41) is 10.7. The van der Waals surface area contributed by atoms with Gasteiger partial charge in [-0.25, -0.2) is 4.79 Å². The molecule has 84 valence electrons. The minimum absolute atomic E-state index is 0.199. The van der Waals surface area contributed by atoms with Crippen LogP contribution >= 0.6 is 0 Å². The molecule has 3 heteroatoms. The zero-order valence-corrected chi connectivity index (χ0v) is 9.84. The van der Waals surface area contributed by atoms with Crippen LogP contribution in [0.1, 0.15) is 22.3 Å². The fourth-order valence-corrected chi connectivity index (χ4v) is 1.95. The van der Waals surface area contributed by atoms with E-state index in [1.165, 1.54) is 0 Å². The highest BCUT2D eigenvalue weighted by Gasteiger charge is 2.14. The van der Waals surface area contributed by atoms with Crippen molar-refractivity contribution in [2.24, 2.45) is 0 Å².